The van der Waals surface area contributed by atoms with Gasteiger partial charge in [-0.1, -0.05) is 53.7 Å². The molecule has 0 radical (unpaired) electrons. The van der Waals surface area contributed by atoms with E-state index in [4.69, 9.17) is 9.72 Å². The Bertz CT molecular complexity index is 1170. The van der Waals surface area contributed by atoms with Gasteiger partial charge in [0.05, 0.1) is 28.6 Å². The van der Waals surface area contributed by atoms with Crippen LogP contribution >= 0.6 is 27.7 Å². The van der Waals surface area contributed by atoms with Gasteiger partial charge in [0.25, 0.3) is 0 Å². The molecule has 2 heterocycles. The van der Waals surface area contributed by atoms with Crippen LogP contribution in [0.2, 0.25) is 0 Å². The van der Waals surface area contributed by atoms with E-state index in [-0.39, 0.29) is 6.10 Å². The lowest BCUT2D eigenvalue weighted by molar-refractivity contribution is 0.0960. The van der Waals surface area contributed by atoms with Gasteiger partial charge >= 0.3 is 0 Å². The Hall–Kier alpha value is -1.39. The van der Waals surface area contributed by atoms with Gasteiger partial charge in [-0.05, 0) is 48.7 Å². The normalized spacial score (nSPS) is 16.9. The van der Waals surface area contributed by atoms with Crippen LogP contribution in [0.25, 0.3) is 11.0 Å². The summed E-state index contributed by atoms with van der Waals surface area (Å²) in [6.45, 7) is 6.11. The Morgan fingerprint density at radius 1 is 1.19 bits per heavy atom. The van der Waals surface area contributed by atoms with Crippen molar-refractivity contribution in [1.29, 1.82) is 0 Å². The van der Waals surface area contributed by atoms with Crippen molar-refractivity contribution in [3.63, 3.8) is 0 Å². The van der Waals surface area contributed by atoms with Crippen molar-refractivity contribution in [3.8, 4) is 0 Å². The first kappa shape index (κ1) is 23.8. The van der Waals surface area contributed by atoms with Crippen molar-refractivity contribution in [2.24, 2.45) is 0 Å². The minimum atomic E-state index is -3.53. The number of ether oxygens (including phenoxy) is 1. The summed E-state index contributed by atoms with van der Waals surface area (Å²) < 4.78 is 36.6. The summed E-state index contributed by atoms with van der Waals surface area (Å²) >= 11 is 5.14. The Labute approximate surface area is 202 Å². The Morgan fingerprint density at radius 2 is 1.94 bits per heavy atom. The van der Waals surface area contributed by atoms with Crippen LogP contribution in [0.5, 0.6) is 0 Å². The van der Waals surface area contributed by atoms with Gasteiger partial charge in [0.15, 0.2) is 5.16 Å². The third kappa shape index (κ3) is 5.07. The van der Waals surface area contributed by atoms with E-state index in [1.165, 1.54) is 9.87 Å². The monoisotopic (exact) mass is 537 g/mol. The zero-order valence-electron chi connectivity index (χ0n) is 18.3. The summed E-state index contributed by atoms with van der Waals surface area (Å²) in [5.74, 6) is 0.784. The summed E-state index contributed by atoms with van der Waals surface area (Å²) in [6, 6.07) is 13.6. The summed E-state index contributed by atoms with van der Waals surface area (Å²) in [4.78, 5) is 5.14. The average Bonchev–Trinajstić information content (AvgIpc) is 3.42. The van der Waals surface area contributed by atoms with Crippen LogP contribution in [0.1, 0.15) is 32.3 Å². The van der Waals surface area contributed by atoms with Gasteiger partial charge < -0.3 is 9.30 Å². The number of benzene rings is 2. The van der Waals surface area contributed by atoms with Crippen LogP contribution in [-0.4, -0.2) is 48.1 Å². The van der Waals surface area contributed by atoms with E-state index in [1.807, 2.05) is 32.0 Å². The summed E-state index contributed by atoms with van der Waals surface area (Å²) in [5, 5.41) is 0.885. The molecule has 32 heavy (non-hydrogen) atoms. The van der Waals surface area contributed by atoms with Crippen LogP contribution in [0, 0.1) is 0 Å². The molecule has 3 aromatic rings. The highest BCUT2D eigenvalue weighted by atomic mass is 79.9. The maximum Gasteiger partial charge on any atom is 0.243 e. The number of fused-ring (bicyclic) bond motifs is 1. The summed E-state index contributed by atoms with van der Waals surface area (Å²) in [6.07, 6.45) is 2.27. The average molecular weight is 539 g/mol. The molecule has 1 aliphatic heterocycles. The fraction of sp³-hybridized carbons (Fsp3) is 0.435. The molecule has 1 aliphatic rings. The van der Waals surface area contributed by atoms with Gasteiger partial charge in [0, 0.05) is 29.9 Å². The van der Waals surface area contributed by atoms with E-state index < -0.39 is 10.0 Å². The number of imidazole rings is 1. The molecular formula is C23H28BrN3O3S2. The molecular weight excluding hydrogens is 510 g/mol. The van der Waals surface area contributed by atoms with Gasteiger partial charge in [-0.25, -0.2) is 13.4 Å². The number of thioether (sulfide) groups is 1. The number of sulfonamides is 1. The molecule has 4 rings (SSSR count). The standard InChI is InChI=1S/C23H28BrN3O3S2/c1-3-26(4-2)32(28,29)20-11-12-22-21(14-20)25-23(27(22)15-19-6-5-13-30-19)31-16-17-7-9-18(24)10-8-17/h7-12,14,19H,3-6,13,15-16H2,1-2H3/t19-/m0/s1. The first-order chi connectivity index (χ1) is 15.4. The van der Waals surface area contributed by atoms with Gasteiger partial charge in [-0.15, -0.1) is 0 Å². The highest BCUT2D eigenvalue weighted by Gasteiger charge is 2.24. The van der Waals surface area contributed by atoms with Crippen LogP contribution in [0.4, 0.5) is 0 Å². The van der Waals surface area contributed by atoms with Gasteiger partial charge in [0.1, 0.15) is 0 Å². The lowest BCUT2D eigenvalue weighted by Gasteiger charge is -2.18. The van der Waals surface area contributed by atoms with Crippen molar-refractivity contribution in [2.45, 2.75) is 55.1 Å². The summed E-state index contributed by atoms with van der Waals surface area (Å²) in [7, 11) is -3.53. The van der Waals surface area contributed by atoms with Crippen LogP contribution < -0.4 is 0 Å². The molecule has 2 aromatic carbocycles. The van der Waals surface area contributed by atoms with E-state index in [2.05, 4.69) is 32.6 Å². The molecule has 172 valence electrons. The molecule has 1 atom stereocenters. The minimum Gasteiger partial charge on any atom is -0.376 e. The van der Waals surface area contributed by atoms with Crippen molar-refractivity contribution in [2.75, 3.05) is 19.7 Å². The van der Waals surface area contributed by atoms with Crippen molar-refractivity contribution >= 4 is 48.7 Å². The summed E-state index contributed by atoms with van der Waals surface area (Å²) in [5.41, 5.74) is 2.85. The molecule has 1 saturated heterocycles. The second-order valence-corrected chi connectivity index (χ2v) is 11.6. The molecule has 1 aromatic heterocycles. The topological polar surface area (TPSA) is 64.4 Å². The Kier molecular flexibility index (Phi) is 7.62. The highest BCUT2D eigenvalue weighted by Crippen LogP contribution is 2.31. The first-order valence-corrected chi connectivity index (χ1v) is 14.1. The van der Waals surface area contributed by atoms with Gasteiger partial charge in [0.2, 0.25) is 10.0 Å². The predicted molar refractivity (Wildman–Crippen MR) is 133 cm³/mol. The second-order valence-electron chi connectivity index (χ2n) is 7.80. The number of nitrogens with zero attached hydrogens (tertiary/aromatic N) is 3. The largest absolute Gasteiger partial charge is 0.376 e. The highest BCUT2D eigenvalue weighted by molar-refractivity contribution is 9.10. The number of rotatable bonds is 9. The zero-order chi connectivity index (χ0) is 22.7. The molecule has 0 amide bonds. The van der Waals surface area contributed by atoms with E-state index in [1.54, 1.807) is 23.9 Å². The lowest BCUT2D eigenvalue weighted by Crippen LogP contribution is -2.30. The quantitative estimate of drug-likeness (QED) is 0.346. The van der Waals surface area contributed by atoms with Crippen LogP contribution in [0.15, 0.2) is 57.0 Å². The third-order valence-corrected chi connectivity index (χ3v) is 9.34. The fourth-order valence-electron chi connectivity index (χ4n) is 3.97. The number of halogens is 1. The smallest absolute Gasteiger partial charge is 0.243 e. The number of hydrogen-bond acceptors (Lipinski definition) is 5. The molecule has 6 nitrogen and oxygen atoms in total. The van der Waals surface area contributed by atoms with Crippen molar-refractivity contribution < 1.29 is 13.2 Å². The van der Waals surface area contributed by atoms with E-state index in [9.17, 15) is 8.42 Å². The third-order valence-electron chi connectivity index (χ3n) is 5.72. The first-order valence-electron chi connectivity index (χ1n) is 10.9. The Balaban J connectivity index is 1.69. The molecule has 9 heteroatoms. The Morgan fingerprint density at radius 3 is 2.59 bits per heavy atom. The maximum absolute atomic E-state index is 13.0. The molecule has 0 bridgehead atoms. The predicted octanol–water partition coefficient (Wildman–Crippen LogP) is 5.30. The van der Waals surface area contributed by atoms with E-state index >= 15 is 0 Å². The van der Waals surface area contributed by atoms with Crippen LogP contribution in [0.3, 0.4) is 0 Å². The molecule has 0 unspecified atom stereocenters. The van der Waals surface area contributed by atoms with Gasteiger partial charge in [-0.3, -0.25) is 0 Å². The number of aromatic nitrogens is 2. The van der Waals surface area contributed by atoms with E-state index in [0.717, 1.165) is 46.9 Å². The minimum absolute atomic E-state index is 0.165. The molecule has 0 spiro atoms. The number of hydrogen-bond donors (Lipinski definition) is 0. The molecule has 1 fully saturated rings. The van der Waals surface area contributed by atoms with Crippen LogP contribution in [-0.2, 0) is 27.1 Å². The molecule has 0 aliphatic carbocycles. The molecule has 0 N–H and O–H groups in total. The van der Waals surface area contributed by atoms with Crippen molar-refractivity contribution in [1.82, 2.24) is 13.9 Å². The molecule has 0 saturated carbocycles. The SMILES string of the molecule is CCN(CC)S(=O)(=O)c1ccc2c(c1)nc(SCc1ccc(Br)cc1)n2C[C@@H]1CCCO1. The van der Waals surface area contributed by atoms with E-state index in [0.29, 0.717) is 23.5 Å². The van der Waals surface area contributed by atoms with Crippen molar-refractivity contribution in [3.05, 3.63) is 52.5 Å². The zero-order valence-corrected chi connectivity index (χ0v) is 21.5. The lowest BCUT2D eigenvalue weighted by atomic mass is 10.2. The maximum atomic E-state index is 13.0. The second kappa shape index (κ2) is 10.3. The fourth-order valence-corrected chi connectivity index (χ4v) is 6.69. The van der Waals surface area contributed by atoms with Gasteiger partial charge in [-0.2, -0.15) is 4.31 Å².